The first-order valence-electron chi connectivity index (χ1n) is 7.41. The molecule has 1 saturated carbocycles. The molecule has 0 N–H and O–H groups in total. The van der Waals surface area contributed by atoms with Crippen molar-refractivity contribution in [2.24, 2.45) is 5.92 Å². The molecule has 0 unspecified atom stereocenters. The van der Waals surface area contributed by atoms with Crippen molar-refractivity contribution in [1.82, 2.24) is 4.98 Å². The Morgan fingerprint density at radius 2 is 2.14 bits per heavy atom. The number of hydrogen-bond donors (Lipinski definition) is 0. The molecule has 0 radical (unpaired) electrons. The molecule has 4 nitrogen and oxygen atoms in total. The van der Waals surface area contributed by atoms with Crippen LogP contribution in [-0.4, -0.2) is 9.91 Å². The Morgan fingerprint density at radius 1 is 1.33 bits per heavy atom. The molecule has 21 heavy (non-hydrogen) atoms. The molecular formula is C16H18N2O2S. The van der Waals surface area contributed by atoms with E-state index in [2.05, 4.69) is 4.98 Å². The van der Waals surface area contributed by atoms with Gasteiger partial charge in [-0.2, -0.15) is 0 Å². The molecule has 0 bridgehead atoms. The van der Waals surface area contributed by atoms with Crippen LogP contribution < -0.4 is 0 Å². The summed E-state index contributed by atoms with van der Waals surface area (Å²) in [6.45, 7) is 0. The van der Waals surface area contributed by atoms with Crippen LogP contribution in [0.4, 0.5) is 5.69 Å². The number of aromatic nitrogens is 1. The molecule has 0 aliphatic heterocycles. The fourth-order valence-corrected chi connectivity index (χ4v) is 3.79. The second-order valence-corrected chi connectivity index (χ2v) is 6.57. The highest BCUT2D eigenvalue weighted by molar-refractivity contribution is 7.09. The molecule has 0 amide bonds. The maximum atomic E-state index is 10.8. The van der Waals surface area contributed by atoms with E-state index in [0.717, 1.165) is 28.6 Å². The summed E-state index contributed by atoms with van der Waals surface area (Å²) in [6.07, 6.45) is 7.74. The molecule has 3 rings (SSSR count). The number of nitro benzene ring substituents is 1. The molecule has 2 aromatic rings. The zero-order valence-corrected chi connectivity index (χ0v) is 12.6. The molecule has 1 aromatic carbocycles. The predicted octanol–water partition coefficient (Wildman–Crippen LogP) is 4.84. The van der Waals surface area contributed by atoms with Crippen LogP contribution in [0, 0.1) is 16.0 Å². The van der Waals surface area contributed by atoms with Gasteiger partial charge in [0.05, 0.1) is 15.6 Å². The van der Waals surface area contributed by atoms with Gasteiger partial charge < -0.3 is 0 Å². The van der Waals surface area contributed by atoms with Gasteiger partial charge in [0.15, 0.2) is 0 Å². The first-order chi connectivity index (χ1) is 10.2. The quantitative estimate of drug-likeness (QED) is 0.586. The molecule has 1 fully saturated rings. The summed E-state index contributed by atoms with van der Waals surface area (Å²) in [4.78, 5) is 15.1. The SMILES string of the molecule is O=[N+]([O-])c1cccc(-c2csc(CCC3CCCC3)n2)c1. The van der Waals surface area contributed by atoms with E-state index in [4.69, 9.17) is 0 Å². The third kappa shape index (κ3) is 3.47. The van der Waals surface area contributed by atoms with Crippen LogP contribution in [0.25, 0.3) is 11.3 Å². The highest BCUT2D eigenvalue weighted by Gasteiger charge is 2.16. The minimum atomic E-state index is -0.364. The van der Waals surface area contributed by atoms with Crippen molar-refractivity contribution >= 4 is 17.0 Å². The van der Waals surface area contributed by atoms with Gasteiger partial charge in [-0.25, -0.2) is 4.98 Å². The van der Waals surface area contributed by atoms with Gasteiger partial charge in [-0.1, -0.05) is 37.8 Å². The summed E-state index contributed by atoms with van der Waals surface area (Å²) in [5.74, 6) is 0.871. The van der Waals surface area contributed by atoms with Crippen LogP contribution in [0.2, 0.25) is 0 Å². The Kier molecular flexibility index (Phi) is 4.29. The van der Waals surface area contributed by atoms with E-state index in [9.17, 15) is 10.1 Å². The van der Waals surface area contributed by atoms with Crippen molar-refractivity contribution in [3.63, 3.8) is 0 Å². The molecule has 0 saturated heterocycles. The Hall–Kier alpha value is -1.75. The highest BCUT2D eigenvalue weighted by Crippen LogP contribution is 2.30. The summed E-state index contributed by atoms with van der Waals surface area (Å²) in [5, 5.41) is 14.0. The zero-order chi connectivity index (χ0) is 14.7. The first kappa shape index (κ1) is 14.2. The van der Waals surface area contributed by atoms with Crippen molar-refractivity contribution in [1.29, 1.82) is 0 Å². The van der Waals surface area contributed by atoms with Crippen molar-refractivity contribution in [3.8, 4) is 11.3 Å². The summed E-state index contributed by atoms with van der Waals surface area (Å²) in [7, 11) is 0. The smallest absolute Gasteiger partial charge is 0.258 e. The minimum Gasteiger partial charge on any atom is -0.258 e. The van der Waals surface area contributed by atoms with Crippen molar-refractivity contribution in [3.05, 3.63) is 44.8 Å². The number of benzene rings is 1. The fraction of sp³-hybridized carbons (Fsp3) is 0.438. The lowest BCUT2D eigenvalue weighted by atomic mass is 10.0. The summed E-state index contributed by atoms with van der Waals surface area (Å²) < 4.78 is 0. The lowest BCUT2D eigenvalue weighted by molar-refractivity contribution is -0.384. The second-order valence-electron chi connectivity index (χ2n) is 5.62. The largest absolute Gasteiger partial charge is 0.270 e. The average Bonchev–Trinajstić information content (AvgIpc) is 3.17. The first-order valence-corrected chi connectivity index (χ1v) is 8.29. The third-order valence-corrected chi connectivity index (χ3v) is 5.05. The number of rotatable bonds is 5. The number of non-ortho nitro benzene ring substituents is 1. The second kappa shape index (κ2) is 6.35. The molecule has 110 valence electrons. The number of aryl methyl sites for hydroxylation is 1. The highest BCUT2D eigenvalue weighted by atomic mass is 32.1. The van der Waals surface area contributed by atoms with Crippen molar-refractivity contribution in [2.75, 3.05) is 0 Å². The van der Waals surface area contributed by atoms with E-state index < -0.39 is 0 Å². The molecule has 1 heterocycles. The number of nitrogens with zero attached hydrogens (tertiary/aromatic N) is 2. The maximum absolute atomic E-state index is 10.8. The lowest BCUT2D eigenvalue weighted by Crippen LogP contribution is -1.96. The predicted molar refractivity (Wildman–Crippen MR) is 84.5 cm³/mol. The van der Waals surface area contributed by atoms with E-state index in [1.54, 1.807) is 23.5 Å². The molecule has 1 aromatic heterocycles. The van der Waals surface area contributed by atoms with Crippen LogP contribution in [0.1, 0.15) is 37.1 Å². The topological polar surface area (TPSA) is 56.0 Å². The number of hydrogen-bond acceptors (Lipinski definition) is 4. The Morgan fingerprint density at radius 3 is 2.90 bits per heavy atom. The van der Waals surface area contributed by atoms with Crippen LogP contribution in [0.3, 0.4) is 0 Å². The zero-order valence-electron chi connectivity index (χ0n) is 11.8. The Labute approximate surface area is 128 Å². The van der Waals surface area contributed by atoms with Gasteiger partial charge in [0.25, 0.3) is 5.69 Å². The molecule has 1 aliphatic carbocycles. The van der Waals surface area contributed by atoms with Crippen LogP contribution in [0.5, 0.6) is 0 Å². The monoisotopic (exact) mass is 302 g/mol. The van der Waals surface area contributed by atoms with Crippen LogP contribution in [0.15, 0.2) is 29.6 Å². The van der Waals surface area contributed by atoms with Gasteiger partial charge in [0.2, 0.25) is 0 Å². The van der Waals surface area contributed by atoms with Crippen molar-refractivity contribution < 1.29 is 4.92 Å². The van der Waals surface area contributed by atoms with E-state index in [1.807, 2.05) is 11.4 Å². The lowest BCUT2D eigenvalue weighted by Gasteiger charge is -2.05. The molecule has 0 atom stereocenters. The maximum Gasteiger partial charge on any atom is 0.270 e. The van der Waals surface area contributed by atoms with E-state index in [-0.39, 0.29) is 10.6 Å². The minimum absolute atomic E-state index is 0.119. The van der Waals surface area contributed by atoms with Gasteiger partial charge in [-0.15, -0.1) is 11.3 Å². The van der Waals surface area contributed by atoms with Crippen LogP contribution >= 0.6 is 11.3 Å². The Bertz CT molecular complexity index is 633. The summed E-state index contributed by atoms with van der Waals surface area (Å²) in [6, 6.07) is 6.69. The standard InChI is InChI=1S/C16H18N2O2S/c19-18(20)14-7-3-6-13(10-14)15-11-21-16(17-15)9-8-12-4-1-2-5-12/h3,6-7,10-12H,1-2,4-5,8-9H2. The molecule has 0 spiro atoms. The molecule has 5 heteroatoms. The molecule has 1 aliphatic rings. The summed E-state index contributed by atoms with van der Waals surface area (Å²) >= 11 is 1.66. The van der Waals surface area contributed by atoms with Gasteiger partial charge in [-0.05, 0) is 18.8 Å². The van der Waals surface area contributed by atoms with E-state index in [0.29, 0.717) is 0 Å². The Balaban J connectivity index is 1.69. The van der Waals surface area contributed by atoms with Gasteiger partial charge in [0, 0.05) is 23.1 Å². The molecular weight excluding hydrogens is 284 g/mol. The van der Waals surface area contributed by atoms with Crippen molar-refractivity contribution in [2.45, 2.75) is 38.5 Å². The fourth-order valence-electron chi connectivity index (χ4n) is 2.96. The van der Waals surface area contributed by atoms with E-state index in [1.165, 1.54) is 38.2 Å². The summed E-state index contributed by atoms with van der Waals surface area (Å²) in [5.41, 5.74) is 1.80. The normalized spacial score (nSPS) is 15.4. The van der Waals surface area contributed by atoms with Gasteiger partial charge in [0.1, 0.15) is 0 Å². The number of nitro groups is 1. The van der Waals surface area contributed by atoms with Gasteiger partial charge >= 0.3 is 0 Å². The van der Waals surface area contributed by atoms with E-state index >= 15 is 0 Å². The van der Waals surface area contributed by atoms with Crippen LogP contribution in [-0.2, 0) is 6.42 Å². The third-order valence-electron chi connectivity index (χ3n) is 4.15. The average molecular weight is 302 g/mol. The number of thiazole rings is 1. The van der Waals surface area contributed by atoms with Gasteiger partial charge in [-0.3, -0.25) is 10.1 Å².